The van der Waals surface area contributed by atoms with Crippen molar-refractivity contribution >= 4 is 18.0 Å². The van der Waals surface area contributed by atoms with E-state index in [2.05, 4.69) is 23.7 Å². The fourth-order valence-corrected chi connectivity index (χ4v) is 2.57. The van der Waals surface area contributed by atoms with E-state index in [4.69, 9.17) is 0 Å². The Balaban J connectivity index is 1.78. The van der Waals surface area contributed by atoms with E-state index < -0.39 is 0 Å². The summed E-state index contributed by atoms with van der Waals surface area (Å²) in [6, 6.07) is 0.691. The van der Waals surface area contributed by atoms with Crippen molar-refractivity contribution in [3.63, 3.8) is 0 Å². The first-order valence-electron chi connectivity index (χ1n) is 4.72. The summed E-state index contributed by atoms with van der Waals surface area (Å²) in [4.78, 5) is 0. The number of nitrogens with one attached hydrogen (secondary N) is 1. The van der Waals surface area contributed by atoms with Gasteiger partial charge in [-0.1, -0.05) is 0 Å². The van der Waals surface area contributed by atoms with Crippen molar-refractivity contribution in [1.82, 2.24) is 5.43 Å². The summed E-state index contributed by atoms with van der Waals surface area (Å²) in [6.45, 7) is 2.28. The van der Waals surface area contributed by atoms with Crippen LogP contribution < -0.4 is 5.43 Å². The Morgan fingerprint density at radius 1 is 1.58 bits per heavy atom. The summed E-state index contributed by atoms with van der Waals surface area (Å²) >= 11 is 2.03. The van der Waals surface area contributed by atoms with Gasteiger partial charge in [0.05, 0.1) is 4.75 Å². The van der Waals surface area contributed by atoms with E-state index in [1.165, 1.54) is 31.4 Å². The molecule has 1 N–H and O–H groups in total. The van der Waals surface area contributed by atoms with Crippen molar-refractivity contribution in [3.8, 4) is 0 Å². The minimum Gasteiger partial charge on any atom is -0.307 e. The number of hydrogen-bond donors (Lipinski definition) is 1. The summed E-state index contributed by atoms with van der Waals surface area (Å²) in [5.74, 6) is 1.30. The predicted molar refractivity (Wildman–Crippen MR) is 54.7 cm³/mol. The van der Waals surface area contributed by atoms with E-state index in [1.54, 1.807) is 0 Å². The zero-order valence-corrected chi connectivity index (χ0v) is 8.36. The van der Waals surface area contributed by atoms with Crippen LogP contribution in [0.4, 0.5) is 0 Å². The maximum Gasteiger partial charge on any atom is 0.0500 e. The molecule has 1 heterocycles. The third kappa shape index (κ3) is 2.16. The molecular weight excluding hydrogens is 168 g/mol. The van der Waals surface area contributed by atoms with Crippen LogP contribution in [0.3, 0.4) is 0 Å². The third-order valence-electron chi connectivity index (χ3n) is 2.42. The largest absolute Gasteiger partial charge is 0.307 e. The standard InChI is InChI=1S/C9H16N2S/c1-9(5-2-6-12-9)7-10-11-8-3-4-8/h7-8,11H,2-6H2,1H3/b10-7+. The van der Waals surface area contributed by atoms with Gasteiger partial charge in [-0.3, -0.25) is 0 Å². The zero-order valence-electron chi connectivity index (χ0n) is 7.55. The van der Waals surface area contributed by atoms with Crippen LogP contribution in [0.25, 0.3) is 0 Å². The molecule has 0 radical (unpaired) electrons. The van der Waals surface area contributed by atoms with E-state index in [9.17, 15) is 0 Å². The molecule has 0 spiro atoms. The highest BCUT2D eigenvalue weighted by molar-refractivity contribution is 8.01. The highest BCUT2D eigenvalue weighted by Crippen LogP contribution is 2.35. The monoisotopic (exact) mass is 184 g/mol. The predicted octanol–water partition coefficient (Wildman–Crippen LogP) is 2.01. The lowest BCUT2D eigenvalue weighted by Gasteiger charge is -2.15. The Morgan fingerprint density at radius 3 is 3.00 bits per heavy atom. The average Bonchev–Trinajstić information content (AvgIpc) is 2.75. The van der Waals surface area contributed by atoms with Gasteiger partial charge in [-0.2, -0.15) is 5.10 Å². The molecule has 0 aromatic rings. The van der Waals surface area contributed by atoms with Crippen molar-refractivity contribution in [2.45, 2.75) is 43.4 Å². The molecule has 0 aromatic heterocycles. The summed E-state index contributed by atoms with van der Waals surface area (Å²) in [5, 5.41) is 4.29. The lowest BCUT2D eigenvalue weighted by atomic mass is 10.1. The van der Waals surface area contributed by atoms with Gasteiger partial charge in [0.25, 0.3) is 0 Å². The van der Waals surface area contributed by atoms with Crippen molar-refractivity contribution in [3.05, 3.63) is 0 Å². The second kappa shape index (κ2) is 3.29. The van der Waals surface area contributed by atoms with Crippen LogP contribution >= 0.6 is 11.8 Å². The van der Waals surface area contributed by atoms with Gasteiger partial charge in [0.1, 0.15) is 0 Å². The molecule has 68 valence electrons. The molecule has 2 aliphatic rings. The van der Waals surface area contributed by atoms with Gasteiger partial charge >= 0.3 is 0 Å². The summed E-state index contributed by atoms with van der Waals surface area (Å²) in [5.41, 5.74) is 3.16. The van der Waals surface area contributed by atoms with Gasteiger partial charge in [0.15, 0.2) is 0 Å². The van der Waals surface area contributed by atoms with Gasteiger partial charge in [-0.25, -0.2) is 0 Å². The second-order valence-corrected chi connectivity index (χ2v) is 5.56. The number of rotatable bonds is 3. The number of hydrazone groups is 1. The smallest absolute Gasteiger partial charge is 0.0500 e. The normalized spacial score (nSPS) is 36.1. The molecule has 2 fully saturated rings. The van der Waals surface area contributed by atoms with Crippen molar-refractivity contribution < 1.29 is 0 Å². The van der Waals surface area contributed by atoms with Gasteiger partial charge in [-0.15, -0.1) is 11.8 Å². The fourth-order valence-electron chi connectivity index (χ4n) is 1.39. The Kier molecular flexibility index (Phi) is 2.31. The Morgan fingerprint density at radius 2 is 2.42 bits per heavy atom. The third-order valence-corrected chi connectivity index (χ3v) is 3.88. The lowest BCUT2D eigenvalue weighted by molar-refractivity contribution is 0.714. The molecule has 0 amide bonds. The Bertz CT molecular complexity index is 181. The van der Waals surface area contributed by atoms with Gasteiger partial charge in [-0.05, 0) is 38.4 Å². The molecular formula is C9H16N2S. The first-order chi connectivity index (χ1) is 5.79. The second-order valence-electron chi connectivity index (χ2n) is 3.93. The van der Waals surface area contributed by atoms with Crippen molar-refractivity contribution in [2.24, 2.45) is 5.10 Å². The maximum atomic E-state index is 4.29. The van der Waals surface area contributed by atoms with E-state index in [0.717, 1.165) is 0 Å². The first kappa shape index (κ1) is 8.42. The molecule has 3 heteroatoms. The summed E-state index contributed by atoms with van der Waals surface area (Å²) < 4.78 is 0.321. The van der Waals surface area contributed by atoms with Crippen molar-refractivity contribution in [2.75, 3.05) is 5.75 Å². The fraction of sp³-hybridized carbons (Fsp3) is 0.889. The molecule has 1 saturated carbocycles. The molecule has 2 nitrogen and oxygen atoms in total. The van der Waals surface area contributed by atoms with Gasteiger partial charge in [0.2, 0.25) is 0 Å². The van der Waals surface area contributed by atoms with Crippen molar-refractivity contribution in [1.29, 1.82) is 0 Å². The van der Waals surface area contributed by atoms with Gasteiger partial charge in [0, 0.05) is 12.3 Å². The SMILES string of the molecule is CC1(/C=N/NC2CC2)CCCS1. The molecule has 1 atom stereocenters. The highest BCUT2D eigenvalue weighted by Gasteiger charge is 2.28. The van der Waals surface area contributed by atoms with Gasteiger partial charge < -0.3 is 5.43 Å². The lowest BCUT2D eigenvalue weighted by Crippen LogP contribution is -2.20. The molecule has 12 heavy (non-hydrogen) atoms. The van der Waals surface area contributed by atoms with Crippen LogP contribution in [-0.2, 0) is 0 Å². The molecule has 1 aliphatic heterocycles. The van der Waals surface area contributed by atoms with Crippen LogP contribution in [0.15, 0.2) is 5.10 Å². The van der Waals surface area contributed by atoms with E-state index in [0.29, 0.717) is 10.8 Å². The summed E-state index contributed by atoms with van der Waals surface area (Å²) in [7, 11) is 0. The number of hydrogen-bond acceptors (Lipinski definition) is 3. The zero-order chi connectivity index (χ0) is 8.44. The molecule has 0 bridgehead atoms. The number of thioether (sulfide) groups is 1. The van der Waals surface area contributed by atoms with E-state index >= 15 is 0 Å². The molecule has 2 rings (SSSR count). The van der Waals surface area contributed by atoms with Crippen LogP contribution in [0.2, 0.25) is 0 Å². The topological polar surface area (TPSA) is 24.4 Å². The minimum absolute atomic E-state index is 0.321. The molecule has 1 aliphatic carbocycles. The summed E-state index contributed by atoms with van der Waals surface area (Å²) in [6.07, 6.45) is 7.34. The number of nitrogens with zero attached hydrogens (tertiary/aromatic N) is 1. The van der Waals surface area contributed by atoms with E-state index in [-0.39, 0.29) is 0 Å². The van der Waals surface area contributed by atoms with Crippen LogP contribution in [0.5, 0.6) is 0 Å². The van der Waals surface area contributed by atoms with E-state index in [1.807, 2.05) is 11.8 Å². The van der Waals surface area contributed by atoms with Crippen LogP contribution in [0.1, 0.15) is 32.6 Å². The Labute approximate surface area is 78.2 Å². The van der Waals surface area contributed by atoms with Crippen LogP contribution in [0, 0.1) is 0 Å². The molecule has 1 saturated heterocycles. The maximum absolute atomic E-state index is 4.29. The quantitative estimate of drug-likeness (QED) is 0.536. The van der Waals surface area contributed by atoms with Crippen LogP contribution in [-0.4, -0.2) is 22.8 Å². The average molecular weight is 184 g/mol. The first-order valence-corrected chi connectivity index (χ1v) is 5.71. The molecule has 0 aromatic carbocycles. The minimum atomic E-state index is 0.321. The Hall–Kier alpha value is -0.180. The molecule has 1 unspecified atom stereocenters. The highest BCUT2D eigenvalue weighted by atomic mass is 32.2.